The van der Waals surface area contributed by atoms with E-state index in [4.69, 9.17) is 21.1 Å². The highest BCUT2D eigenvalue weighted by Gasteiger charge is 2.10. The number of nitrogens with zero attached hydrogens (tertiary/aromatic N) is 1. The molecule has 0 spiro atoms. The monoisotopic (exact) mass is 319 g/mol. The molecule has 0 radical (unpaired) electrons. The molecule has 0 bridgehead atoms. The van der Waals surface area contributed by atoms with Crippen LogP contribution in [0, 0.1) is 0 Å². The van der Waals surface area contributed by atoms with E-state index in [0.717, 1.165) is 43.1 Å². The van der Waals surface area contributed by atoms with Crippen molar-refractivity contribution in [2.24, 2.45) is 0 Å². The molecule has 94 valence electrons. The highest BCUT2D eigenvalue weighted by atomic mass is 79.9. The van der Waals surface area contributed by atoms with E-state index in [-0.39, 0.29) is 0 Å². The summed E-state index contributed by atoms with van der Waals surface area (Å²) in [7, 11) is 0. The number of halogens is 2. The maximum atomic E-state index is 5.92. The second-order valence-corrected chi connectivity index (χ2v) is 5.17. The zero-order valence-electron chi connectivity index (χ0n) is 9.49. The summed E-state index contributed by atoms with van der Waals surface area (Å²) in [6.07, 6.45) is 0. The minimum atomic E-state index is 0.666. The SMILES string of the molecule is Clc1ccc(Br)c(OCCN2CCOCC2)c1. The van der Waals surface area contributed by atoms with E-state index in [1.54, 1.807) is 0 Å². The Kier molecular flexibility index (Phi) is 5.10. The van der Waals surface area contributed by atoms with E-state index in [2.05, 4.69) is 20.8 Å². The summed E-state index contributed by atoms with van der Waals surface area (Å²) in [4.78, 5) is 2.34. The Hall–Kier alpha value is -0.290. The molecule has 1 fully saturated rings. The van der Waals surface area contributed by atoms with Crippen molar-refractivity contribution in [1.82, 2.24) is 4.90 Å². The topological polar surface area (TPSA) is 21.7 Å². The van der Waals surface area contributed by atoms with Gasteiger partial charge in [-0.05, 0) is 34.1 Å². The summed E-state index contributed by atoms with van der Waals surface area (Å²) in [5.74, 6) is 0.797. The van der Waals surface area contributed by atoms with Gasteiger partial charge in [-0.2, -0.15) is 0 Å². The molecule has 2 rings (SSSR count). The van der Waals surface area contributed by atoms with Crippen molar-refractivity contribution in [1.29, 1.82) is 0 Å². The average molecular weight is 321 g/mol. The predicted octanol–water partition coefficient (Wildman–Crippen LogP) is 2.81. The number of ether oxygens (including phenoxy) is 2. The third-order valence-corrected chi connectivity index (χ3v) is 3.55. The molecule has 17 heavy (non-hydrogen) atoms. The molecule has 1 aromatic carbocycles. The van der Waals surface area contributed by atoms with Crippen LogP contribution in [0.1, 0.15) is 0 Å². The van der Waals surface area contributed by atoms with Gasteiger partial charge in [-0.1, -0.05) is 11.6 Å². The molecule has 3 nitrogen and oxygen atoms in total. The number of benzene rings is 1. The molecule has 0 atom stereocenters. The van der Waals surface area contributed by atoms with E-state index in [0.29, 0.717) is 11.6 Å². The molecule has 0 saturated carbocycles. The lowest BCUT2D eigenvalue weighted by Gasteiger charge is -2.26. The lowest BCUT2D eigenvalue weighted by molar-refractivity contribution is 0.0322. The Morgan fingerprint density at radius 3 is 2.88 bits per heavy atom. The number of rotatable bonds is 4. The van der Waals surface area contributed by atoms with Crippen molar-refractivity contribution < 1.29 is 9.47 Å². The first kappa shape index (κ1) is 13.1. The Bertz CT molecular complexity index is 370. The van der Waals surface area contributed by atoms with Crippen LogP contribution in [-0.4, -0.2) is 44.4 Å². The van der Waals surface area contributed by atoms with Gasteiger partial charge in [0.1, 0.15) is 12.4 Å². The van der Waals surface area contributed by atoms with Crippen molar-refractivity contribution in [2.75, 3.05) is 39.5 Å². The van der Waals surface area contributed by atoms with Crippen LogP contribution in [0.15, 0.2) is 22.7 Å². The average Bonchev–Trinajstić information content (AvgIpc) is 2.35. The van der Waals surface area contributed by atoms with Crippen LogP contribution in [0.2, 0.25) is 5.02 Å². The highest BCUT2D eigenvalue weighted by Crippen LogP contribution is 2.27. The molecule has 1 aliphatic heterocycles. The Balaban J connectivity index is 1.79. The number of hydrogen-bond acceptors (Lipinski definition) is 3. The molecule has 0 aliphatic carbocycles. The Morgan fingerprint density at radius 2 is 2.12 bits per heavy atom. The molecule has 5 heteroatoms. The minimum absolute atomic E-state index is 0.666. The van der Waals surface area contributed by atoms with Crippen molar-refractivity contribution in [3.05, 3.63) is 27.7 Å². The van der Waals surface area contributed by atoms with Gasteiger partial charge < -0.3 is 9.47 Å². The van der Waals surface area contributed by atoms with Crippen molar-refractivity contribution in [3.8, 4) is 5.75 Å². The smallest absolute Gasteiger partial charge is 0.135 e. The van der Waals surface area contributed by atoms with Crippen LogP contribution in [0.25, 0.3) is 0 Å². The Morgan fingerprint density at radius 1 is 1.35 bits per heavy atom. The van der Waals surface area contributed by atoms with Crippen LogP contribution in [0.3, 0.4) is 0 Å². The second kappa shape index (κ2) is 6.59. The summed E-state index contributed by atoms with van der Waals surface area (Å²) < 4.78 is 11.9. The maximum Gasteiger partial charge on any atom is 0.135 e. The van der Waals surface area contributed by atoms with Gasteiger partial charge in [-0.3, -0.25) is 4.90 Å². The van der Waals surface area contributed by atoms with Crippen molar-refractivity contribution in [3.63, 3.8) is 0 Å². The second-order valence-electron chi connectivity index (χ2n) is 3.88. The lowest BCUT2D eigenvalue weighted by Crippen LogP contribution is -2.38. The van der Waals surface area contributed by atoms with Crippen LogP contribution in [-0.2, 0) is 4.74 Å². The van der Waals surface area contributed by atoms with Gasteiger partial charge >= 0.3 is 0 Å². The summed E-state index contributed by atoms with van der Waals surface area (Å²) >= 11 is 9.36. The molecule has 0 amide bonds. The first-order valence-electron chi connectivity index (χ1n) is 5.63. The summed E-state index contributed by atoms with van der Waals surface area (Å²) in [6.45, 7) is 5.20. The van der Waals surface area contributed by atoms with Gasteiger partial charge in [-0.15, -0.1) is 0 Å². The minimum Gasteiger partial charge on any atom is -0.491 e. The van der Waals surface area contributed by atoms with Gasteiger partial charge in [0.2, 0.25) is 0 Å². The zero-order valence-corrected chi connectivity index (χ0v) is 11.8. The molecular formula is C12H15BrClNO2. The van der Waals surface area contributed by atoms with E-state index in [1.165, 1.54) is 0 Å². The lowest BCUT2D eigenvalue weighted by atomic mass is 10.3. The molecule has 1 saturated heterocycles. The first-order valence-corrected chi connectivity index (χ1v) is 6.81. The van der Waals surface area contributed by atoms with E-state index in [9.17, 15) is 0 Å². The molecular weight excluding hydrogens is 305 g/mol. The van der Waals surface area contributed by atoms with E-state index in [1.807, 2.05) is 18.2 Å². The Labute approximate surface area is 115 Å². The van der Waals surface area contributed by atoms with Gasteiger partial charge in [0.15, 0.2) is 0 Å². The van der Waals surface area contributed by atoms with Crippen molar-refractivity contribution >= 4 is 27.5 Å². The highest BCUT2D eigenvalue weighted by molar-refractivity contribution is 9.10. The fourth-order valence-electron chi connectivity index (χ4n) is 1.70. The van der Waals surface area contributed by atoms with Crippen LogP contribution >= 0.6 is 27.5 Å². The van der Waals surface area contributed by atoms with Gasteiger partial charge in [0.05, 0.1) is 17.7 Å². The molecule has 1 aliphatic rings. The largest absolute Gasteiger partial charge is 0.491 e. The van der Waals surface area contributed by atoms with E-state index >= 15 is 0 Å². The van der Waals surface area contributed by atoms with Gasteiger partial charge in [0, 0.05) is 24.7 Å². The molecule has 1 aromatic rings. The molecule has 0 aromatic heterocycles. The third-order valence-electron chi connectivity index (χ3n) is 2.66. The fourth-order valence-corrected chi connectivity index (χ4v) is 2.22. The maximum absolute atomic E-state index is 5.92. The molecule has 0 N–H and O–H groups in total. The predicted molar refractivity (Wildman–Crippen MR) is 71.9 cm³/mol. The zero-order chi connectivity index (χ0) is 12.1. The quantitative estimate of drug-likeness (QED) is 0.851. The summed E-state index contributed by atoms with van der Waals surface area (Å²) in [5, 5.41) is 0.689. The molecule has 0 unspecified atom stereocenters. The van der Waals surface area contributed by atoms with Crippen molar-refractivity contribution in [2.45, 2.75) is 0 Å². The van der Waals surface area contributed by atoms with Gasteiger partial charge in [-0.25, -0.2) is 0 Å². The summed E-state index contributed by atoms with van der Waals surface area (Å²) in [6, 6.07) is 5.55. The number of hydrogen-bond donors (Lipinski definition) is 0. The summed E-state index contributed by atoms with van der Waals surface area (Å²) in [5.41, 5.74) is 0. The van der Waals surface area contributed by atoms with E-state index < -0.39 is 0 Å². The first-order chi connectivity index (χ1) is 8.25. The fraction of sp³-hybridized carbons (Fsp3) is 0.500. The van der Waals surface area contributed by atoms with Gasteiger partial charge in [0.25, 0.3) is 0 Å². The standard InChI is InChI=1S/C12H15BrClNO2/c13-11-2-1-10(14)9-12(11)17-8-5-15-3-6-16-7-4-15/h1-2,9H,3-8H2. The number of morpholine rings is 1. The normalized spacial score (nSPS) is 17.1. The van der Waals surface area contributed by atoms with Crippen LogP contribution < -0.4 is 4.74 Å². The molecule has 1 heterocycles. The van der Waals surface area contributed by atoms with Crippen LogP contribution in [0.5, 0.6) is 5.75 Å². The third kappa shape index (κ3) is 4.14. The van der Waals surface area contributed by atoms with Crippen LogP contribution in [0.4, 0.5) is 0 Å².